The van der Waals surface area contributed by atoms with Gasteiger partial charge in [-0.1, -0.05) is 70.0 Å². The van der Waals surface area contributed by atoms with Crippen molar-refractivity contribution >= 4 is 23.4 Å². The molecule has 1 saturated heterocycles. The summed E-state index contributed by atoms with van der Waals surface area (Å²) in [4.78, 5) is 55.7. The van der Waals surface area contributed by atoms with Gasteiger partial charge in [-0.3, -0.25) is 19.2 Å². The fourth-order valence-electron chi connectivity index (χ4n) is 17.4. The van der Waals surface area contributed by atoms with Crippen LogP contribution in [0.2, 0.25) is 0 Å². The maximum atomic E-state index is 13.9. The third kappa shape index (κ3) is 6.43. The molecule has 2 heterocycles. The molecule has 2 amide bonds. The lowest BCUT2D eigenvalue weighted by Gasteiger charge is -2.61. The highest BCUT2D eigenvalue weighted by molar-refractivity contribution is 5.92. The first-order chi connectivity index (χ1) is 30.4. The van der Waals surface area contributed by atoms with E-state index in [9.17, 15) is 34.5 Å². The number of carbonyl (C=O) groups excluding carboxylic acids is 4. The van der Waals surface area contributed by atoms with Crippen LogP contribution in [0.3, 0.4) is 0 Å². The van der Waals surface area contributed by atoms with Crippen molar-refractivity contribution in [2.24, 2.45) is 62.6 Å². The average Bonchev–Trinajstić information content (AvgIpc) is 3.71. The number of nitrogens with zero attached hydrogens (tertiary/aromatic N) is 2. The number of allylic oxidation sites excluding steroid dienone is 2. The van der Waals surface area contributed by atoms with Gasteiger partial charge in [-0.25, -0.2) is 0 Å². The molecule has 64 heavy (non-hydrogen) atoms. The molecule has 6 saturated carbocycles. The molecule has 11 rings (SSSR count). The number of amides is 2. The van der Waals surface area contributed by atoms with E-state index in [2.05, 4.69) is 46.8 Å². The Kier molecular flexibility index (Phi) is 11.0. The molecule has 0 bridgehead atoms. The molecule has 10 heteroatoms. The SMILES string of the molecule is CC12CCC(=O)C=C1CCC1C2[C@@H](O)CC2(C)C1CC[C@]2(C)C(=O)N1CCOCC1.CC12CCC(=O)C=C1CCC1C2[C@@H](O)CC2(C)C1CC[C@]2(O)C(=O)N1CCc2ccccc2C1. The van der Waals surface area contributed by atoms with Gasteiger partial charge in [-0.2, -0.15) is 0 Å². The molecule has 1 aromatic carbocycles. The van der Waals surface area contributed by atoms with E-state index in [1.165, 1.54) is 22.3 Å². The number of hydrogen-bond donors (Lipinski definition) is 3. The van der Waals surface area contributed by atoms with Crippen LogP contribution in [0.5, 0.6) is 0 Å². The molecule has 0 aromatic heterocycles. The zero-order chi connectivity index (χ0) is 45.2. The van der Waals surface area contributed by atoms with Gasteiger partial charge in [0, 0.05) is 44.4 Å². The summed E-state index contributed by atoms with van der Waals surface area (Å²) in [6.45, 7) is 14.9. The van der Waals surface area contributed by atoms with Crippen molar-refractivity contribution in [1.29, 1.82) is 0 Å². The Morgan fingerprint density at radius 3 is 1.75 bits per heavy atom. The number of rotatable bonds is 2. The molecule has 3 N–H and O–H groups in total. The largest absolute Gasteiger partial charge is 0.393 e. The number of ketones is 2. The number of fused-ring (bicyclic) bond motifs is 11. The van der Waals surface area contributed by atoms with E-state index in [4.69, 9.17) is 4.74 Å². The summed E-state index contributed by atoms with van der Waals surface area (Å²) in [6.07, 6.45) is 14.6. The van der Waals surface area contributed by atoms with Crippen LogP contribution < -0.4 is 0 Å². The van der Waals surface area contributed by atoms with Gasteiger partial charge >= 0.3 is 0 Å². The fraction of sp³-hybridized carbons (Fsp3) is 0.741. The van der Waals surface area contributed by atoms with E-state index in [0.29, 0.717) is 83.3 Å². The van der Waals surface area contributed by atoms with E-state index < -0.39 is 28.6 Å². The summed E-state index contributed by atoms with van der Waals surface area (Å²) in [5.41, 5.74) is 2.06. The van der Waals surface area contributed by atoms with Crippen molar-refractivity contribution in [1.82, 2.24) is 9.80 Å². The Balaban J connectivity index is 0.000000153. The minimum atomic E-state index is -1.44. The number of aliphatic hydroxyl groups is 3. The summed E-state index contributed by atoms with van der Waals surface area (Å²) in [5.74, 6) is 2.28. The zero-order valence-corrected chi connectivity index (χ0v) is 39.2. The van der Waals surface area contributed by atoms with Gasteiger partial charge in [-0.05, 0) is 159 Å². The maximum Gasteiger partial charge on any atom is 0.255 e. The molecule has 0 spiro atoms. The van der Waals surface area contributed by atoms with E-state index in [0.717, 1.165) is 64.2 Å². The van der Waals surface area contributed by atoms with Crippen molar-refractivity contribution in [3.63, 3.8) is 0 Å². The lowest BCUT2D eigenvalue weighted by Crippen LogP contribution is -2.63. The van der Waals surface area contributed by atoms with Crippen LogP contribution in [0.4, 0.5) is 0 Å². The van der Waals surface area contributed by atoms with Crippen molar-refractivity contribution < 1.29 is 39.2 Å². The third-order valence-electron chi connectivity index (χ3n) is 21.1. The van der Waals surface area contributed by atoms with Gasteiger partial charge in [-0.15, -0.1) is 0 Å². The number of morpholine rings is 1. The van der Waals surface area contributed by atoms with Crippen LogP contribution in [-0.2, 0) is 36.9 Å². The van der Waals surface area contributed by atoms with Gasteiger partial charge in [0.05, 0.1) is 30.8 Å². The number of benzene rings is 1. The standard InChI is InChI=1S/C29H37NO4.C25H37NO4/c1-27-12-9-21(31)15-20(27)7-8-22-23-10-13-29(34,28(23,2)16-24(32)25(22)27)26(33)30-14-11-18-5-3-4-6-19(18)17-30;1-23-8-6-17(27)14-16(23)4-5-18-19-7-9-24(2,22(29)26-10-12-30-13-11-26)25(19,3)15-20(28)21(18)23/h3-6,15,22-25,32,34H,7-14,16-17H2,1-2H3;14,18-21,28H,4-13,15H2,1-3H3/t22?,23?,24-,25?,27?,28?,29-;18?,19?,20-,21?,23?,24+,25?/m00/s1. The first-order valence-corrected chi connectivity index (χ1v) is 25.2. The highest BCUT2D eigenvalue weighted by Crippen LogP contribution is 2.71. The molecule has 14 atom stereocenters. The maximum absolute atomic E-state index is 13.9. The van der Waals surface area contributed by atoms with Crippen LogP contribution in [0.25, 0.3) is 0 Å². The fourth-order valence-corrected chi connectivity index (χ4v) is 17.4. The first-order valence-electron chi connectivity index (χ1n) is 25.2. The topological polar surface area (TPSA) is 145 Å². The Labute approximate surface area is 380 Å². The lowest BCUT2D eigenvalue weighted by atomic mass is 9.44. The monoisotopic (exact) mass is 879 g/mol. The van der Waals surface area contributed by atoms with Crippen LogP contribution in [0.15, 0.2) is 47.6 Å². The second kappa shape index (κ2) is 15.7. The van der Waals surface area contributed by atoms with Crippen LogP contribution >= 0.6 is 0 Å². The first kappa shape index (κ1) is 44.6. The summed E-state index contributed by atoms with van der Waals surface area (Å²) in [6, 6.07) is 8.26. The number of ether oxygens (including phenoxy) is 1. The molecule has 348 valence electrons. The molecule has 8 aliphatic carbocycles. The minimum absolute atomic E-state index is 0.0647. The second-order valence-corrected chi connectivity index (χ2v) is 23.6. The molecule has 10 nitrogen and oxygen atoms in total. The van der Waals surface area contributed by atoms with Crippen molar-refractivity contribution in [3.8, 4) is 0 Å². The van der Waals surface area contributed by atoms with Crippen molar-refractivity contribution in [3.05, 3.63) is 58.7 Å². The molecule has 10 unspecified atom stereocenters. The van der Waals surface area contributed by atoms with Gasteiger partial charge in [0.25, 0.3) is 5.91 Å². The molecular formula is C54H74N2O8. The molecule has 0 radical (unpaired) electrons. The van der Waals surface area contributed by atoms with Gasteiger partial charge < -0.3 is 29.9 Å². The Bertz CT molecular complexity index is 2160. The van der Waals surface area contributed by atoms with Crippen LogP contribution in [0.1, 0.15) is 136 Å². The molecule has 7 fully saturated rings. The van der Waals surface area contributed by atoms with E-state index in [-0.39, 0.29) is 63.3 Å². The summed E-state index contributed by atoms with van der Waals surface area (Å²) < 4.78 is 5.47. The molecule has 10 aliphatic rings. The van der Waals surface area contributed by atoms with Crippen LogP contribution in [-0.4, -0.2) is 99.2 Å². The summed E-state index contributed by atoms with van der Waals surface area (Å²) >= 11 is 0. The molecular weight excluding hydrogens is 805 g/mol. The van der Waals surface area contributed by atoms with Gasteiger partial charge in [0.15, 0.2) is 11.6 Å². The normalized spacial score (nSPS) is 45.8. The molecule has 1 aromatic rings. The molecule has 2 aliphatic heterocycles. The predicted octanol–water partition coefficient (Wildman–Crippen LogP) is 7.16. The summed E-state index contributed by atoms with van der Waals surface area (Å²) in [7, 11) is 0. The second-order valence-electron chi connectivity index (χ2n) is 23.6. The minimum Gasteiger partial charge on any atom is -0.393 e. The Morgan fingerprint density at radius 1 is 0.625 bits per heavy atom. The van der Waals surface area contributed by atoms with E-state index in [1.807, 2.05) is 34.1 Å². The quantitative estimate of drug-likeness (QED) is 0.284. The number of aliphatic hydroxyl groups excluding tert-OH is 2. The number of carbonyl (C=O) groups is 4. The van der Waals surface area contributed by atoms with E-state index in [1.54, 1.807) is 0 Å². The Morgan fingerprint density at radius 2 is 1.16 bits per heavy atom. The number of hydrogen-bond acceptors (Lipinski definition) is 8. The van der Waals surface area contributed by atoms with Crippen LogP contribution in [0, 0.1) is 62.6 Å². The smallest absolute Gasteiger partial charge is 0.255 e. The Hall–Kier alpha value is -3.18. The van der Waals surface area contributed by atoms with Gasteiger partial charge in [0.1, 0.15) is 5.60 Å². The van der Waals surface area contributed by atoms with E-state index >= 15 is 0 Å². The summed E-state index contributed by atoms with van der Waals surface area (Å²) in [5, 5.41) is 35.2. The van der Waals surface area contributed by atoms with Gasteiger partial charge in [0.2, 0.25) is 5.91 Å². The lowest BCUT2D eigenvalue weighted by molar-refractivity contribution is -0.190. The average molecular weight is 879 g/mol. The van der Waals surface area contributed by atoms with Crippen molar-refractivity contribution in [2.75, 3.05) is 32.8 Å². The predicted molar refractivity (Wildman–Crippen MR) is 242 cm³/mol. The zero-order valence-electron chi connectivity index (χ0n) is 39.2. The van der Waals surface area contributed by atoms with Crippen molar-refractivity contribution in [2.45, 2.75) is 155 Å². The third-order valence-corrected chi connectivity index (χ3v) is 21.1. The highest BCUT2D eigenvalue weighted by Gasteiger charge is 2.70. The highest BCUT2D eigenvalue weighted by atomic mass is 16.5.